The highest BCUT2D eigenvalue weighted by Crippen LogP contribution is 2.16. The molecule has 0 spiro atoms. The number of hydrogen-bond donors (Lipinski definition) is 3. The van der Waals surface area contributed by atoms with Crippen molar-refractivity contribution in [3.8, 4) is 0 Å². The number of rotatable bonds is 7. The molecule has 3 N–H and O–H groups in total. The second-order valence-electron chi connectivity index (χ2n) is 7.05. The maximum absolute atomic E-state index is 12.3. The summed E-state index contributed by atoms with van der Waals surface area (Å²) in [4.78, 5) is 24.1. The zero-order valence-corrected chi connectivity index (χ0v) is 19.3. The molecular weight excluding hydrogens is 468 g/mol. The number of sulfonamides is 1. The summed E-state index contributed by atoms with van der Waals surface area (Å²) in [5, 5.41) is 6.65. The highest BCUT2D eigenvalue weighted by Gasteiger charge is 2.15. The number of hydrazone groups is 1. The molecular formula is C22H21ClN4O5S. The molecule has 0 aliphatic rings. The van der Waals surface area contributed by atoms with E-state index in [0.717, 1.165) is 11.1 Å². The van der Waals surface area contributed by atoms with Gasteiger partial charge in [-0.15, -0.1) is 0 Å². The van der Waals surface area contributed by atoms with Gasteiger partial charge >= 0.3 is 11.8 Å². The first-order valence-electron chi connectivity index (χ1n) is 9.69. The van der Waals surface area contributed by atoms with E-state index in [1.54, 1.807) is 12.1 Å². The molecule has 3 aromatic rings. The van der Waals surface area contributed by atoms with E-state index in [1.165, 1.54) is 36.5 Å². The fourth-order valence-electron chi connectivity index (χ4n) is 2.68. The van der Waals surface area contributed by atoms with Gasteiger partial charge in [-0.1, -0.05) is 23.7 Å². The predicted octanol–water partition coefficient (Wildman–Crippen LogP) is 3.12. The first kappa shape index (κ1) is 24.2. The summed E-state index contributed by atoms with van der Waals surface area (Å²) >= 11 is 5.77. The van der Waals surface area contributed by atoms with Crippen LogP contribution < -0.4 is 15.5 Å². The van der Waals surface area contributed by atoms with E-state index in [1.807, 2.05) is 26.0 Å². The number of hydrogen-bond acceptors (Lipinski definition) is 6. The van der Waals surface area contributed by atoms with Gasteiger partial charge in [0.25, 0.3) is 0 Å². The maximum Gasteiger partial charge on any atom is 0.329 e. The quantitative estimate of drug-likeness (QED) is 0.267. The van der Waals surface area contributed by atoms with E-state index < -0.39 is 21.8 Å². The van der Waals surface area contributed by atoms with Gasteiger partial charge in [0, 0.05) is 10.7 Å². The Morgan fingerprint density at radius 3 is 2.48 bits per heavy atom. The molecule has 0 atom stereocenters. The van der Waals surface area contributed by atoms with Crippen molar-refractivity contribution in [2.75, 3.05) is 5.32 Å². The number of benzene rings is 2. The number of halogens is 1. The van der Waals surface area contributed by atoms with Gasteiger partial charge in [0.2, 0.25) is 10.0 Å². The summed E-state index contributed by atoms with van der Waals surface area (Å²) in [6, 6.07) is 14.3. The van der Waals surface area contributed by atoms with Gasteiger partial charge < -0.3 is 9.73 Å². The minimum Gasteiger partial charge on any atom is -0.459 e. The molecule has 0 unspecified atom stereocenters. The van der Waals surface area contributed by atoms with Gasteiger partial charge in [-0.2, -0.15) is 5.10 Å². The molecule has 0 radical (unpaired) electrons. The Morgan fingerprint density at radius 2 is 1.76 bits per heavy atom. The zero-order valence-electron chi connectivity index (χ0n) is 17.8. The largest absolute Gasteiger partial charge is 0.459 e. The Kier molecular flexibility index (Phi) is 7.64. The number of anilines is 1. The third kappa shape index (κ3) is 6.75. The summed E-state index contributed by atoms with van der Waals surface area (Å²) < 4.78 is 32.5. The number of carbonyl (C=O) groups excluding carboxylic acids is 2. The van der Waals surface area contributed by atoms with Crippen LogP contribution in [0.1, 0.15) is 22.6 Å². The number of furan rings is 1. The normalized spacial score (nSPS) is 11.5. The van der Waals surface area contributed by atoms with Crippen LogP contribution in [0.25, 0.3) is 0 Å². The zero-order chi connectivity index (χ0) is 24.0. The van der Waals surface area contributed by atoms with Crippen LogP contribution in [0.3, 0.4) is 0 Å². The van der Waals surface area contributed by atoms with E-state index in [2.05, 4.69) is 20.6 Å². The molecule has 9 nitrogen and oxygen atoms in total. The maximum atomic E-state index is 12.3. The molecule has 0 aliphatic carbocycles. The van der Waals surface area contributed by atoms with Crippen LogP contribution in [0, 0.1) is 13.8 Å². The predicted molar refractivity (Wildman–Crippen MR) is 124 cm³/mol. The SMILES string of the molecule is Cc1ccc(C)c(NC(=O)C(=O)N/N=C/c2ccc(CNS(=O)(=O)c3ccc(Cl)cc3)o2)c1. The molecule has 0 saturated carbocycles. The molecule has 33 heavy (non-hydrogen) atoms. The van der Waals surface area contributed by atoms with Crippen molar-refractivity contribution in [3.63, 3.8) is 0 Å². The number of nitrogens with one attached hydrogen (secondary N) is 3. The van der Waals surface area contributed by atoms with Gasteiger partial charge in [-0.05, 0) is 67.4 Å². The smallest absolute Gasteiger partial charge is 0.329 e. The lowest BCUT2D eigenvalue weighted by atomic mass is 10.1. The molecule has 11 heteroatoms. The van der Waals surface area contributed by atoms with Crippen molar-refractivity contribution in [1.82, 2.24) is 10.1 Å². The van der Waals surface area contributed by atoms with Crippen LogP contribution in [0.4, 0.5) is 5.69 Å². The average Bonchev–Trinajstić information content (AvgIpc) is 3.23. The Balaban J connectivity index is 1.52. The van der Waals surface area contributed by atoms with Gasteiger partial charge in [0.15, 0.2) is 0 Å². The summed E-state index contributed by atoms with van der Waals surface area (Å²) in [5.74, 6) is -1.23. The van der Waals surface area contributed by atoms with Crippen LogP contribution >= 0.6 is 11.6 Å². The molecule has 0 fully saturated rings. The number of aryl methyl sites for hydroxylation is 2. The lowest BCUT2D eigenvalue weighted by Crippen LogP contribution is -2.32. The van der Waals surface area contributed by atoms with Crippen molar-refractivity contribution in [1.29, 1.82) is 0 Å². The molecule has 2 aromatic carbocycles. The van der Waals surface area contributed by atoms with Crippen molar-refractivity contribution < 1.29 is 22.4 Å². The molecule has 3 rings (SSSR count). The number of nitrogens with zero attached hydrogens (tertiary/aromatic N) is 1. The highest BCUT2D eigenvalue weighted by molar-refractivity contribution is 7.89. The van der Waals surface area contributed by atoms with E-state index >= 15 is 0 Å². The number of amides is 2. The minimum absolute atomic E-state index is 0.0714. The molecule has 172 valence electrons. The van der Waals surface area contributed by atoms with Gasteiger partial charge in [-0.25, -0.2) is 18.6 Å². The van der Waals surface area contributed by atoms with E-state index in [9.17, 15) is 18.0 Å². The standard InChI is InChI=1S/C22H21ClN4O5S/c1-14-3-4-15(2)20(11-14)26-21(28)22(29)27-24-12-17-7-8-18(32-17)13-25-33(30,31)19-9-5-16(23)6-10-19/h3-12,25H,13H2,1-2H3,(H,26,28)(H,27,29)/b24-12+. The lowest BCUT2D eigenvalue weighted by molar-refractivity contribution is -0.136. The summed E-state index contributed by atoms with van der Waals surface area (Å²) in [7, 11) is -3.74. The van der Waals surface area contributed by atoms with E-state index in [-0.39, 0.29) is 17.2 Å². The summed E-state index contributed by atoms with van der Waals surface area (Å²) in [6.07, 6.45) is 1.19. The van der Waals surface area contributed by atoms with E-state index in [0.29, 0.717) is 16.5 Å². The minimum atomic E-state index is -3.74. The Bertz CT molecular complexity index is 1300. The Labute approximate surface area is 195 Å². The van der Waals surface area contributed by atoms with Crippen LogP contribution in [0.2, 0.25) is 5.02 Å². The summed E-state index contributed by atoms with van der Waals surface area (Å²) in [5.41, 5.74) is 4.41. The van der Waals surface area contributed by atoms with E-state index in [4.69, 9.17) is 16.0 Å². The van der Waals surface area contributed by atoms with Crippen molar-refractivity contribution in [2.24, 2.45) is 5.10 Å². The second kappa shape index (κ2) is 10.4. The van der Waals surface area contributed by atoms with Crippen LogP contribution in [0.5, 0.6) is 0 Å². The van der Waals surface area contributed by atoms with Crippen LogP contribution in [-0.4, -0.2) is 26.4 Å². The average molecular weight is 489 g/mol. The third-order valence-corrected chi connectivity index (χ3v) is 6.12. The third-order valence-electron chi connectivity index (χ3n) is 4.45. The molecule has 0 bridgehead atoms. The summed E-state index contributed by atoms with van der Waals surface area (Å²) in [6.45, 7) is 3.60. The fraction of sp³-hybridized carbons (Fsp3) is 0.136. The lowest BCUT2D eigenvalue weighted by Gasteiger charge is -2.08. The van der Waals surface area contributed by atoms with Gasteiger partial charge in [-0.3, -0.25) is 9.59 Å². The van der Waals surface area contributed by atoms with Crippen molar-refractivity contribution >= 4 is 45.3 Å². The molecule has 1 aromatic heterocycles. The van der Waals surface area contributed by atoms with Crippen molar-refractivity contribution in [3.05, 3.63) is 82.3 Å². The Morgan fingerprint density at radius 1 is 1.03 bits per heavy atom. The van der Waals surface area contributed by atoms with Crippen LogP contribution in [0.15, 0.2) is 69.0 Å². The van der Waals surface area contributed by atoms with Crippen molar-refractivity contribution in [2.45, 2.75) is 25.3 Å². The van der Waals surface area contributed by atoms with Gasteiger partial charge in [0.05, 0.1) is 17.7 Å². The monoisotopic (exact) mass is 488 g/mol. The first-order chi connectivity index (χ1) is 15.6. The fourth-order valence-corrected chi connectivity index (χ4v) is 3.80. The molecule has 2 amide bonds. The van der Waals surface area contributed by atoms with Crippen LogP contribution in [-0.2, 0) is 26.2 Å². The first-order valence-corrected chi connectivity index (χ1v) is 11.6. The number of carbonyl (C=O) groups is 2. The highest BCUT2D eigenvalue weighted by atomic mass is 35.5. The molecule has 0 aliphatic heterocycles. The molecule has 1 heterocycles. The Hall–Kier alpha value is -3.47. The molecule has 0 saturated heterocycles. The topological polar surface area (TPSA) is 130 Å². The van der Waals surface area contributed by atoms with Gasteiger partial charge in [0.1, 0.15) is 11.5 Å². The second-order valence-corrected chi connectivity index (χ2v) is 9.26.